The van der Waals surface area contributed by atoms with Crippen LogP contribution in [-0.4, -0.2) is 53.0 Å². The third-order valence-corrected chi connectivity index (χ3v) is 6.75. The van der Waals surface area contributed by atoms with Gasteiger partial charge in [0.1, 0.15) is 11.4 Å². The van der Waals surface area contributed by atoms with Crippen LogP contribution in [0.1, 0.15) is 45.8 Å². The molecule has 9 nitrogen and oxygen atoms in total. The van der Waals surface area contributed by atoms with E-state index in [1.807, 2.05) is 0 Å². The van der Waals surface area contributed by atoms with Crippen LogP contribution in [0.4, 0.5) is 0 Å². The topological polar surface area (TPSA) is 128 Å². The number of pyridine rings is 1. The first kappa shape index (κ1) is 27.8. The van der Waals surface area contributed by atoms with Gasteiger partial charge in [0.15, 0.2) is 11.6 Å². The molecule has 0 aliphatic rings. The van der Waals surface area contributed by atoms with Crippen molar-refractivity contribution < 1.29 is 29.0 Å². The van der Waals surface area contributed by atoms with Crippen molar-refractivity contribution >= 4 is 40.0 Å². The summed E-state index contributed by atoms with van der Waals surface area (Å²) in [5.41, 5.74) is 2.13. The van der Waals surface area contributed by atoms with E-state index in [1.165, 1.54) is 44.0 Å². The molecular weight excluding hydrogens is 524 g/mol. The molecule has 0 aliphatic heterocycles. The maximum atomic E-state index is 13.5. The normalized spacial score (nSPS) is 11.9. The highest BCUT2D eigenvalue weighted by molar-refractivity contribution is 6.31. The van der Waals surface area contributed by atoms with Crippen molar-refractivity contribution in [2.75, 3.05) is 20.8 Å². The SMILES string of the molecule is COCC[C@H](C(=O)Cc1ccc2[nH]c(C(=O)O)cc2c1)n1cc(OC)c(-c2cc(Cl)ccc2C(C)=O)cc1=O. The fourth-order valence-electron chi connectivity index (χ4n) is 4.60. The molecular formula is C29H27ClN2O7. The number of ether oxygens (including phenoxy) is 2. The summed E-state index contributed by atoms with van der Waals surface area (Å²) >= 11 is 6.19. The summed E-state index contributed by atoms with van der Waals surface area (Å²) < 4.78 is 12.1. The van der Waals surface area contributed by atoms with Crippen LogP contribution in [0.5, 0.6) is 5.75 Å². The minimum atomic E-state index is -1.08. The predicted octanol–water partition coefficient (Wildman–Crippen LogP) is 4.95. The van der Waals surface area contributed by atoms with Gasteiger partial charge >= 0.3 is 5.97 Å². The Labute approximate surface area is 228 Å². The lowest BCUT2D eigenvalue weighted by Crippen LogP contribution is -2.31. The minimum absolute atomic E-state index is 0.0111. The monoisotopic (exact) mass is 550 g/mol. The van der Waals surface area contributed by atoms with Gasteiger partial charge in [0.25, 0.3) is 5.56 Å². The highest BCUT2D eigenvalue weighted by Crippen LogP contribution is 2.34. The number of ketones is 2. The Balaban J connectivity index is 1.73. The van der Waals surface area contributed by atoms with Gasteiger partial charge in [0.05, 0.1) is 19.3 Å². The van der Waals surface area contributed by atoms with E-state index in [2.05, 4.69) is 4.98 Å². The number of nitrogens with zero attached hydrogens (tertiary/aromatic N) is 1. The fourth-order valence-corrected chi connectivity index (χ4v) is 4.77. The number of H-pyrrole nitrogens is 1. The van der Waals surface area contributed by atoms with Crippen LogP contribution in [0, 0.1) is 0 Å². The zero-order valence-corrected chi connectivity index (χ0v) is 22.4. The molecule has 2 aromatic carbocycles. The molecule has 0 spiro atoms. The maximum absolute atomic E-state index is 13.5. The molecule has 2 heterocycles. The smallest absolute Gasteiger partial charge is 0.352 e. The highest BCUT2D eigenvalue weighted by Gasteiger charge is 2.24. The number of aromatic amines is 1. The molecule has 39 heavy (non-hydrogen) atoms. The Kier molecular flexibility index (Phi) is 8.32. The number of Topliss-reactive ketones (excluding diaryl/α,β-unsaturated/α-hetero) is 2. The van der Waals surface area contributed by atoms with Crippen LogP contribution in [0.25, 0.3) is 22.0 Å². The number of carboxylic acids is 1. The Morgan fingerprint density at radius 1 is 1.05 bits per heavy atom. The number of carbonyl (C=O) groups excluding carboxylic acids is 2. The van der Waals surface area contributed by atoms with E-state index in [0.717, 1.165) is 0 Å². The van der Waals surface area contributed by atoms with Gasteiger partial charge in [-0.05, 0) is 60.9 Å². The van der Waals surface area contributed by atoms with Crippen molar-refractivity contribution in [3.8, 4) is 16.9 Å². The second kappa shape index (κ2) is 11.7. The van der Waals surface area contributed by atoms with Crippen LogP contribution in [-0.2, 0) is 16.0 Å². The first-order valence-electron chi connectivity index (χ1n) is 12.1. The Morgan fingerprint density at radius 3 is 2.49 bits per heavy atom. The molecule has 0 bridgehead atoms. The summed E-state index contributed by atoms with van der Waals surface area (Å²) in [6, 6.07) is 12.0. The number of hydrogen-bond donors (Lipinski definition) is 2. The van der Waals surface area contributed by atoms with Crippen molar-refractivity contribution in [3.05, 3.63) is 86.9 Å². The van der Waals surface area contributed by atoms with E-state index in [-0.39, 0.29) is 36.7 Å². The summed E-state index contributed by atoms with van der Waals surface area (Å²) in [7, 11) is 2.95. The molecule has 0 radical (unpaired) electrons. The predicted molar refractivity (Wildman–Crippen MR) is 147 cm³/mol. The molecule has 4 aromatic rings. The number of benzene rings is 2. The van der Waals surface area contributed by atoms with Gasteiger partial charge in [-0.15, -0.1) is 0 Å². The number of carboxylic acid groups (broad SMARTS) is 1. The standard InChI is InChI=1S/C29H27ClN2O7/c1-16(33)20-6-5-19(30)13-21(20)22-14-28(35)32(15-27(22)39-3)25(8-9-38-2)26(34)11-17-4-7-23-18(10-17)12-24(31-23)29(36)37/h4-7,10,12-15,25,31H,8-9,11H2,1-3H3,(H,36,37)/t25-/m1/s1. The zero-order chi connectivity index (χ0) is 28.3. The third-order valence-electron chi connectivity index (χ3n) is 6.51. The van der Waals surface area contributed by atoms with Crippen molar-refractivity contribution in [3.63, 3.8) is 0 Å². The number of halogens is 1. The highest BCUT2D eigenvalue weighted by atomic mass is 35.5. The number of nitrogens with one attached hydrogen (secondary N) is 1. The van der Waals surface area contributed by atoms with E-state index in [0.29, 0.717) is 43.9 Å². The summed E-state index contributed by atoms with van der Waals surface area (Å²) in [5.74, 6) is -1.21. The first-order chi connectivity index (χ1) is 18.6. The minimum Gasteiger partial charge on any atom is -0.495 e. The van der Waals surface area contributed by atoms with Crippen molar-refractivity contribution in [1.29, 1.82) is 0 Å². The molecule has 0 fully saturated rings. The molecule has 1 atom stereocenters. The maximum Gasteiger partial charge on any atom is 0.352 e. The average molecular weight is 551 g/mol. The van der Waals surface area contributed by atoms with Crippen LogP contribution in [0.3, 0.4) is 0 Å². The number of aromatic carboxylic acids is 1. The number of hydrogen-bond acceptors (Lipinski definition) is 6. The van der Waals surface area contributed by atoms with Crippen LogP contribution in [0.15, 0.2) is 59.5 Å². The van der Waals surface area contributed by atoms with Gasteiger partial charge in [0, 0.05) is 53.3 Å². The largest absolute Gasteiger partial charge is 0.495 e. The van der Waals surface area contributed by atoms with Crippen molar-refractivity contribution in [2.45, 2.75) is 25.8 Å². The molecule has 0 amide bonds. The second-order valence-corrected chi connectivity index (χ2v) is 9.53. The summed E-state index contributed by atoms with van der Waals surface area (Å²) in [6.07, 6.45) is 1.72. The van der Waals surface area contributed by atoms with Crippen molar-refractivity contribution in [2.24, 2.45) is 0 Å². The number of rotatable bonds is 11. The first-order valence-corrected chi connectivity index (χ1v) is 12.5. The molecule has 0 aliphatic carbocycles. The number of methoxy groups -OCH3 is 2. The fraction of sp³-hybridized carbons (Fsp3) is 0.241. The molecule has 202 valence electrons. The molecule has 10 heteroatoms. The summed E-state index contributed by atoms with van der Waals surface area (Å²) in [5, 5.41) is 10.3. The van der Waals surface area contributed by atoms with Gasteiger partial charge in [-0.25, -0.2) is 4.79 Å². The summed E-state index contributed by atoms with van der Waals surface area (Å²) in [6.45, 7) is 1.65. The van der Waals surface area contributed by atoms with Gasteiger partial charge < -0.3 is 24.1 Å². The van der Waals surface area contributed by atoms with Crippen LogP contribution >= 0.6 is 11.6 Å². The third kappa shape index (κ3) is 5.94. The van der Waals surface area contributed by atoms with E-state index in [9.17, 15) is 24.3 Å². The summed E-state index contributed by atoms with van der Waals surface area (Å²) in [4.78, 5) is 53.3. The van der Waals surface area contributed by atoms with Crippen molar-refractivity contribution in [1.82, 2.24) is 9.55 Å². The lowest BCUT2D eigenvalue weighted by atomic mass is 9.96. The molecule has 0 saturated heterocycles. The van der Waals surface area contributed by atoms with E-state index in [4.69, 9.17) is 21.1 Å². The van der Waals surface area contributed by atoms with Crippen LogP contribution < -0.4 is 10.3 Å². The Morgan fingerprint density at radius 2 is 1.82 bits per heavy atom. The van der Waals surface area contributed by atoms with Crippen LogP contribution in [0.2, 0.25) is 5.02 Å². The van der Waals surface area contributed by atoms with Gasteiger partial charge in [0.2, 0.25) is 0 Å². The van der Waals surface area contributed by atoms with Gasteiger partial charge in [-0.2, -0.15) is 0 Å². The average Bonchev–Trinajstić information content (AvgIpc) is 3.33. The molecule has 2 aromatic heterocycles. The number of aromatic nitrogens is 2. The zero-order valence-electron chi connectivity index (χ0n) is 21.6. The second-order valence-electron chi connectivity index (χ2n) is 9.10. The molecule has 2 N–H and O–H groups in total. The lowest BCUT2D eigenvalue weighted by molar-refractivity contribution is -0.122. The quantitative estimate of drug-likeness (QED) is 0.253. The van der Waals surface area contributed by atoms with E-state index >= 15 is 0 Å². The molecule has 4 rings (SSSR count). The van der Waals surface area contributed by atoms with E-state index < -0.39 is 17.6 Å². The van der Waals surface area contributed by atoms with Gasteiger partial charge in [-0.1, -0.05) is 17.7 Å². The molecule has 0 saturated carbocycles. The van der Waals surface area contributed by atoms with E-state index in [1.54, 1.807) is 36.4 Å². The lowest BCUT2D eigenvalue weighted by Gasteiger charge is -2.21. The number of carbonyl (C=O) groups is 3. The number of fused-ring (bicyclic) bond motifs is 1. The van der Waals surface area contributed by atoms with Gasteiger partial charge in [-0.3, -0.25) is 14.4 Å². The Hall–Kier alpha value is -4.21. The Bertz CT molecular complexity index is 1640. The molecule has 0 unspecified atom stereocenters.